The number of hydrogen-bond acceptors (Lipinski definition) is 5. The lowest BCUT2D eigenvalue weighted by atomic mass is 9.62. The third kappa shape index (κ3) is 1.40. The average molecular weight is 279 g/mol. The molecule has 3 rings (SSSR count). The first-order valence-corrected chi connectivity index (χ1v) is 7.29. The minimum Gasteiger partial charge on any atom is -0.274 e. The van der Waals surface area contributed by atoms with Crippen molar-refractivity contribution in [1.29, 1.82) is 0 Å². The quantitative estimate of drug-likeness (QED) is 0.739. The van der Waals surface area contributed by atoms with Crippen molar-refractivity contribution in [3.63, 3.8) is 0 Å². The predicted molar refractivity (Wildman–Crippen MR) is 71.8 cm³/mol. The summed E-state index contributed by atoms with van der Waals surface area (Å²) in [7, 11) is 0. The van der Waals surface area contributed by atoms with Crippen LogP contribution >= 0.6 is 11.3 Å². The number of imide groups is 1. The maximum atomic E-state index is 12.8. The zero-order valence-electron chi connectivity index (χ0n) is 11.6. The van der Waals surface area contributed by atoms with E-state index in [9.17, 15) is 9.59 Å². The van der Waals surface area contributed by atoms with Gasteiger partial charge in [0.1, 0.15) is 5.01 Å². The number of carbonyl (C=O) groups excluding carboxylic acids is 2. The van der Waals surface area contributed by atoms with Crippen molar-refractivity contribution in [2.75, 3.05) is 4.90 Å². The average Bonchev–Trinajstić information content (AvgIpc) is 2.80. The van der Waals surface area contributed by atoms with Crippen molar-refractivity contribution in [3.05, 3.63) is 5.01 Å². The molecule has 102 valence electrons. The van der Waals surface area contributed by atoms with E-state index in [1.807, 2.05) is 27.7 Å². The van der Waals surface area contributed by atoms with Crippen LogP contribution in [-0.4, -0.2) is 22.0 Å². The Labute approximate surface area is 116 Å². The predicted octanol–water partition coefficient (Wildman–Crippen LogP) is 2.16. The van der Waals surface area contributed by atoms with E-state index in [0.717, 1.165) is 17.8 Å². The monoisotopic (exact) mass is 279 g/mol. The zero-order valence-corrected chi connectivity index (χ0v) is 12.4. The van der Waals surface area contributed by atoms with Gasteiger partial charge in [-0.1, -0.05) is 32.1 Å². The topological polar surface area (TPSA) is 63.2 Å². The van der Waals surface area contributed by atoms with Gasteiger partial charge in [0.25, 0.3) is 0 Å². The van der Waals surface area contributed by atoms with Crippen molar-refractivity contribution in [2.24, 2.45) is 16.7 Å². The number of rotatable bonds is 1. The third-order valence-corrected chi connectivity index (χ3v) is 5.95. The molecular weight excluding hydrogens is 262 g/mol. The van der Waals surface area contributed by atoms with E-state index in [2.05, 4.69) is 10.2 Å². The fraction of sp³-hybridized carbons (Fsp3) is 0.692. The smallest absolute Gasteiger partial charge is 0.242 e. The molecule has 0 spiro atoms. The summed E-state index contributed by atoms with van der Waals surface area (Å²) in [6.07, 6.45) is 1.55. The highest BCUT2D eigenvalue weighted by Crippen LogP contribution is 2.60. The Bertz CT molecular complexity index is 580. The highest BCUT2D eigenvalue weighted by molar-refractivity contribution is 7.15. The Morgan fingerprint density at radius 1 is 1.26 bits per heavy atom. The number of hydrogen-bond donors (Lipinski definition) is 0. The molecule has 2 atom stereocenters. The lowest BCUT2D eigenvalue weighted by molar-refractivity contribution is -0.146. The summed E-state index contributed by atoms with van der Waals surface area (Å²) in [5.74, 6) is -0.326. The molecule has 2 amide bonds. The van der Waals surface area contributed by atoms with E-state index in [4.69, 9.17) is 0 Å². The Morgan fingerprint density at radius 3 is 2.53 bits per heavy atom. The molecule has 5 nitrogen and oxygen atoms in total. The van der Waals surface area contributed by atoms with Gasteiger partial charge in [0.05, 0.1) is 5.41 Å². The Morgan fingerprint density at radius 2 is 1.95 bits per heavy atom. The van der Waals surface area contributed by atoms with Gasteiger partial charge in [0.15, 0.2) is 0 Å². The van der Waals surface area contributed by atoms with Crippen LogP contribution in [0.2, 0.25) is 0 Å². The molecule has 1 aromatic rings. The van der Waals surface area contributed by atoms with Crippen LogP contribution < -0.4 is 4.90 Å². The van der Waals surface area contributed by atoms with E-state index >= 15 is 0 Å². The molecule has 0 N–H and O–H groups in total. The molecule has 0 aromatic carbocycles. The van der Waals surface area contributed by atoms with Crippen LogP contribution in [0.5, 0.6) is 0 Å². The Balaban J connectivity index is 2.11. The van der Waals surface area contributed by atoms with Crippen LogP contribution in [-0.2, 0) is 9.59 Å². The van der Waals surface area contributed by atoms with Gasteiger partial charge >= 0.3 is 0 Å². The summed E-state index contributed by atoms with van der Waals surface area (Å²) >= 11 is 1.29. The maximum absolute atomic E-state index is 12.8. The van der Waals surface area contributed by atoms with Gasteiger partial charge < -0.3 is 0 Å². The van der Waals surface area contributed by atoms with Crippen molar-refractivity contribution in [3.8, 4) is 0 Å². The molecule has 19 heavy (non-hydrogen) atoms. The number of amides is 2. The first-order chi connectivity index (χ1) is 8.79. The molecule has 0 unspecified atom stereocenters. The maximum Gasteiger partial charge on any atom is 0.242 e. The van der Waals surface area contributed by atoms with Crippen LogP contribution in [0.4, 0.5) is 5.13 Å². The molecule has 2 fully saturated rings. The zero-order chi connectivity index (χ0) is 14.0. The number of aromatic nitrogens is 2. The van der Waals surface area contributed by atoms with Crippen LogP contribution in [0.25, 0.3) is 0 Å². The van der Waals surface area contributed by atoms with Gasteiger partial charge in [-0.25, -0.2) is 4.90 Å². The summed E-state index contributed by atoms with van der Waals surface area (Å²) in [6, 6.07) is 0. The van der Waals surface area contributed by atoms with E-state index in [1.54, 1.807) is 0 Å². The summed E-state index contributed by atoms with van der Waals surface area (Å²) in [6.45, 7) is 7.86. The molecule has 1 aliphatic heterocycles. The molecule has 1 aliphatic carbocycles. The van der Waals surface area contributed by atoms with Gasteiger partial charge in [-0.3, -0.25) is 9.59 Å². The SMILES string of the molecule is Cc1nnc(N2C(=O)[C@H]3CC[C@](C)(C2=O)C3(C)C)s1. The lowest BCUT2D eigenvalue weighted by Crippen LogP contribution is -2.59. The number of anilines is 1. The minimum atomic E-state index is -0.481. The lowest BCUT2D eigenvalue weighted by Gasteiger charge is -2.46. The molecule has 1 saturated carbocycles. The molecule has 1 aromatic heterocycles. The molecule has 1 saturated heterocycles. The molecule has 2 aliphatic rings. The van der Waals surface area contributed by atoms with Crippen molar-refractivity contribution in [2.45, 2.75) is 40.5 Å². The molecule has 6 heteroatoms. The van der Waals surface area contributed by atoms with Gasteiger partial charge in [-0.05, 0) is 25.2 Å². The number of carbonyl (C=O) groups is 2. The van der Waals surface area contributed by atoms with Crippen molar-refractivity contribution >= 4 is 28.3 Å². The highest BCUT2D eigenvalue weighted by atomic mass is 32.1. The molecule has 0 radical (unpaired) electrons. The first kappa shape index (κ1) is 12.7. The highest BCUT2D eigenvalue weighted by Gasteiger charge is 2.65. The van der Waals surface area contributed by atoms with Crippen LogP contribution in [0.1, 0.15) is 38.6 Å². The van der Waals surface area contributed by atoms with E-state index in [-0.39, 0.29) is 23.1 Å². The minimum absolute atomic E-state index is 0.0978. The normalized spacial score (nSPS) is 33.1. The van der Waals surface area contributed by atoms with Crippen molar-refractivity contribution < 1.29 is 9.59 Å². The largest absolute Gasteiger partial charge is 0.274 e. The fourth-order valence-electron chi connectivity index (χ4n) is 3.38. The fourth-order valence-corrected chi connectivity index (χ4v) is 4.07. The molecule has 2 heterocycles. The van der Waals surface area contributed by atoms with Crippen LogP contribution in [0.3, 0.4) is 0 Å². The summed E-state index contributed by atoms with van der Waals surface area (Å²) in [5.41, 5.74) is -0.761. The standard InChI is InChI=1S/C13H17N3O2S/c1-7-14-15-11(19-7)16-9(17)8-5-6-13(4,10(16)18)12(8,2)3/h8H,5-6H2,1-4H3/t8-,13-/m1/s1. The molecular formula is C13H17N3O2S. The molecule has 2 bridgehead atoms. The van der Waals surface area contributed by atoms with E-state index in [1.165, 1.54) is 16.2 Å². The van der Waals surface area contributed by atoms with Gasteiger partial charge in [-0.2, -0.15) is 0 Å². The number of piperidine rings is 1. The number of fused-ring (bicyclic) bond motifs is 2. The van der Waals surface area contributed by atoms with E-state index in [0.29, 0.717) is 5.13 Å². The second-order valence-electron chi connectivity index (χ2n) is 6.23. The van der Waals surface area contributed by atoms with Gasteiger partial charge in [-0.15, -0.1) is 10.2 Å². The Kier molecular flexibility index (Phi) is 2.43. The summed E-state index contributed by atoms with van der Waals surface area (Å²) < 4.78 is 0. The van der Waals surface area contributed by atoms with Gasteiger partial charge in [0.2, 0.25) is 16.9 Å². The summed E-state index contributed by atoms with van der Waals surface area (Å²) in [5, 5.41) is 9.06. The number of nitrogens with zero attached hydrogens (tertiary/aromatic N) is 3. The van der Waals surface area contributed by atoms with Gasteiger partial charge in [0, 0.05) is 5.92 Å². The van der Waals surface area contributed by atoms with Crippen molar-refractivity contribution in [1.82, 2.24) is 10.2 Å². The summed E-state index contributed by atoms with van der Waals surface area (Å²) in [4.78, 5) is 26.7. The third-order valence-electron chi connectivity index (χ3n) is 5.13. The van der Waals surface area contributed by atoms with E-state index < -0.39 is 5.41 Å². The second-order valence-corrected chi connectivity index (χ2v) is 7.39. The first-order valence-electron chi connectivity index (χ1n) is 6.47. The number of aryl methyl sites for hydroxylation is 1. The Hall–Kier alpha value is -1.30. The van der Waals surface area contributed by atoms with Crippen LogP contribution in [0, 0.1) is 23.7 Å². The van der Waals surface area contributed by atoms with Crippen LogP contribution in [0.15, 0.2) is 0 Å². The second kappa shape index (κ2) is 3.62.